The SMILES string of the molecule is CC.CN(C)CCCc1ccc(N)cc1. The number of aryl methyl sites for hydroxylation is 1. The van der Waals surface area contributed by atoms with Crippen LogP contribution in [0.5, 0.6) is 0 Å². The maximum Gasteiger partial charge on any atom is 0.0314 e. The molecule has 1 aromatic rings. The van der Waals surface area contributed by atoms with E-state index in [1.165, 1.54) is 12.0 Å². The van der Waals surface area contributed by atoms with Gasteiger partial charge in [-0.25, -0.2) is 0 Å². The average Bonchev–Trinajstić information content (AvgIpc) is 2.23. The molecule has 0 aliphatic carbocycles. The van der Waals surface area contributed by atoms with Crippen LogP contribution in [0.25, 0.3) is 0 Å². The van der Waals surface area contributed by atoms with Crippen LogP contribution in [0.15, 0.2) is 24.3 Å². The van der Waals surface area contributed by atoms with Crippen LogP contribution < -0.4 is 5.73 Å². The highest BCUT2D eigenvalue weighted by atomic mass is 15.0. The van der Waals surface area contributed by atoms with E-state index < -0.39 is 0 Å². The van der Waals surface area contributed by atoms with Crippen molar-refractivity contribution in [2.75, 3.05) is 26.4 Å². The number of nitrogens with two attached hydrogens (primary N) is 1. The standard InChI is InChI=1S/C11H18N2.C2H6/c1-13(2)9-3-4-10-5-7-11(12)8-6-10;1-2/h5-8H,3-4,9,12H2,1-2H3;1-2H3. The van der Waals surface area contributed by atoms with Gasteiger partial charge in [0.05, 0.1) is 0 Å². The minimum absolute atomic E-state index is 0.844. The van der Waals surface area contributed by atoms with Crippen molar-refractivity contribution in [1.82, 2.24) is 4.90 Å². The molecule has 2 nitrogen and oxygen atoms in total. The van der Waals surface area contributed by atoms with E-state index in [4.69, 9.17) is 5.73 Å². The second-order valence-corrected chi connectivity index (χ2v) is 3.65. The van der Waals surface area contributed by atoms with Gasteiger partial charge in [-0.1, -0.05) is 26.0 Å². The molecule has 0 fully saturated rings. The molecule has 0 saturated heterocycles. The van der Waals surface area contributed by atoms with Gasteiger partial charge in [-0.05, 0) is 51.2 Å². The van der Waals surface area contributed by atoms with Gasteiger partial charge in [0, 0.05) is 5.69 Å². The summed E-state index contributed by atoms with van der Waals surface area (Å²) in [6.45, 7) is 5.14. The summed E-state index contributed by atoms with van der Waals surface area (Å²) in [7, 11) is 4.20. The molecule has 0 aliphatic heterocycles. The zero-order valence-electron chi connectivity index (χ0n) is 10.5. The number of hydrogen-bond acceptors (Lipinski definition) is 2. The maximum absolute atomic E-state index is 5.60. The molecule has 0 aromatic heterocycles. The molecular formula is C13H24N2. The van der Waals surface area contributed by atoms with Crippen molar-refractivity contribution in [3.05, 3.63) is 29.8 Å². The lowest BCUT2D eigenvalue weighted by molar-refractivity contribution is 0.400. The molecule has 86 valence electrons. The third-order valence-corrected chi connectivity index (χ3v) is 2.05. The van der Waals surface area contributed by atoms with E-state index in [2.05, 4.69) is 31.1 Å². The van der Waals surface area contributed by atoms with Crippen LogP contribution >= 0.6 is 0 Å². The Kier molecular flexibility index (Phi) is 7.74. The van der Waals surface area contributed by atoms with Gasteiger partial charge in [0.15, 0.2) is 0 Å². The van der Waals surface area contributed by atoms with Crippen LogP contribution in [0.3, 0.4) is 0 Å². The molecule has 0 saturated carbocycles. The fourth-order valence-electron chi connectivity index (χ4n) is 1.28. The topological polar surface area (TPSA) is 29.3 Å². The van der Waals surface area contributed by atoms with Crippen molar-refractivity contribution in [2.45, 2.75) is 26.7 Å². The monoisotopic (exact) mass is 208 g/mol. The fourth-order valence-corrected chi connectivity index (χ4v) is 1.28. The zero-order chi connectivity index (χ0) is 11.7. The highest BCUT2D eigenvalue weighted by Gasteiger charge is 1.94. The van der Waals surface area contributed by atoms with Crippen LogP contribution in [0.2, 0.25) is 0 Å². The molecular weight excluding hydrogens is 184 g/mol. The summed E-state index contributed by atoms with van der Waals surface area (Å²) in [6.07, 6.45) is 2.34. The van der Waals surface area contributed by atoms with Gasteiger partial charge in [0.2, 0.25) is 0 Å². The Bertz CT molecular complexity index is 239. The summed E-state index contributed by atoms with van der Waals surface area (Å²) >= 11 is 0. The molecule has 0 atom stereocenters. The van der Waals surface area contributed by atoms with Gasteiger partial charge < -0.3 is 10.6 Å². The lowest BCUT2D eigenvalue weighted by Crippen LogP contribution is -2.13. The normalized spacial score (nSPS) is 9.67. The lowest BCUT2D eigenvalue weighted by Gasteiger charge is -2.08. The molecule has 0 unspecified atom stereocenters. The Morgan fingerprint density at radius 2 is 1.60 bits per heavy atom. The number of rotatable bonds is 4. The summed E-state index contributed by atoms with van der Waals surface area (Å²) in [5, 5.41) is 0. The average molecular weight is 208 g/mol. The highest BCUT2D eigenvalue weighted by Crippen LogP contribution is 2.07. The van der Waals surface area contributed by atoms with Gasteiger partial charge in [0.25, 0.3) is 0 Å². The Morgan fingerprint density at radius 3 is 2.07 bits per heavy atom. The van der Waals surface area contributed by atoms with E-state index in [0.29, 0.717) is 0 Å². The van der Waals surface area contributed by atoms with E-state index in [1.807, 2.05) is 26.0 Å². The quantitative estimate of drug-likeness (QED) is 0.771. The van der Waals surface area contributed by atoms with E-state index in [9.17, 15) is 0 Å². The molecule has 0 aliphatic rings. The molecule has 0 radical (unpaired) electrons. The van der Waals surface area contributed by atoms with Crippen molar-refractivity contribution in [3.63, 3.8) is 0 Å². The Labute approximate surface area is 94.1 Å². The van der Waals surface area contributed by atoms with Crippen molar-refractivity contribution in [3.8, 4) is 0 Å². The smallest absolute Gasteiger partial charge is 0.0314 e. The minimum Gasteiger partial charge on any atom is -0.399 e. The predicted molar refractivity (Wildman–Crippen MR) is 69.1 cm³/mol. The van der Waals surface area contributed by atoms with Crippen LogP contribution in [0, 0.1) is 0 Å². The van der Waals surface area contributed by atoms with Crippen molar-refractivity contribution in [1.29, 1.82) is 0 Å². The van der Waals surface area contributed by atoms with E-state index in [1.54, 1.807) is 0 Å². The first kappa shape index (κ1) is 14.0. The molecule has 2 heteroatoms. The number of anilines is 1. The van der Waals surface area contributed by atoms with Crippen LogP contribution in [0.4, 0.5) is 5.69 Å². The third kappa shape index (κ3) is 6.97. The second-order valence-electron chi connectivity index (χ2n) is 3.65. The van der Waals surface area contributed by atoms with Gasteiger partial charge in [-0.15, -0.1) is 0 Å². The Balaban J connectivity index is 0.000000921. The summed E-state index contributed by atoms with van der Waals surface area (Å²) in [6, 6.07) is 8.13. The van der Waals surface area contributed by atoms with Crippen LogP contribution in [-0.2, 0) is 6.42 Å². The molecule has 0 spiro atoms. The number of benzene rings is 1. The summed E-state index contributed by atoms with van der Waals surface area (Å²) in [5.74, 6) is 0. The summed E-state index contributed by atoms with van der Waals surface area (Å²) in [4.78, 5) is 2.21. The molecule has 0 bridgehead atoms. The van der Waals surface area contributed by atoms with Crippen LogP contribution in [0.1, 0.15) is 25.8 Å². The van der Waals surface area contributed by atoms with Gasteiger partial charge >= 0.3 is 0 Å². The van der Waals surface area contributed by atoms with E-state index in [-0.39, 0.29) is 0 Å². The first-order chi connectivity index (χ1) is 7.18. The lowest BCUT2D eigenvalue weighted by atomic mass is 10.1. The van der Waals surface area contributed by atoms with Crippen molar-refractivity contribution >= 4 is 5.69 Å². The first-order valence-corrected chi connectivity index (χ1v) is 5.67. The van der Waals surface area contributed by atoms with Crippen LogP contribution in [-0.4, -0.2) is 25.5 Å². The minimum atomic E-state index is 0.844. The largest absolute Gasteiger partial charge is 0.399 e. The highest BCUT2D eigenvalue weighted by molar-refractivity contribution is 5.39. The van der Waals surface area contributed by atoms with Gasteiger partial charge in [-0.2, -0.15) is 0 Å². The molecule has 1 rings (SSSR count). The summed E-state index contributed by atoms with van der Waals surface area (Å²) < 4.78 is 0. The maximum atomic E-state index is 5.60. The van der Waals surface area contributed by atoms with Gasteiger partial charge in [-0.3, -0.25) is 0 Å². The van der Waals surface area contributed by atoms with E-state index >= 15 is 0 Å². The summed E-state index contributed by atoms with van der Waals surface area (Å²) in [5.41, 5.74) is 7.81. The second kappa shape index (κ2) is 8.30. The van der Waals surface area contributed by atoms with Crippen molar-refractivity contribution in [2.24, 2.45) is 0 Å². The Hall–Kier alpha value is -1.02. The molecule has 0 amide bonds. The molecule has 15 heavy (non-hydrogen) atoms. The Morgan fingerprint density at radius 1 is 1.07 bits per heavy atom. The number of nitrogen functional groups attached to an aromatic ring is 1. The van der Waals surface area contributed by atoms with E-state index in [0.717, 1.165) is 18.7 Å². The molecule has 2 N–H and O–H groups in total. The predicted octanol–water partition coefficient (Wildman–Crippen LogP) is 2.79. The third-order valence-electron chi connectivity index (χ3n) is 2.05. The number of nitrogens with zero attached hydrogens (tertiary/aromatic N) is 1. The first-order valence-electron chi connectivity index (χ1n) is 5.67. The molecule has 1 aromatic carbocycles. The van der Waals surface area contributed by atoms with Crippen molar-refractivity contribution < 1.29 is 0 Å². The zero-order valence-corrected chi connectivity index (χ0v) is 10.5. The number of hydrogen-bond donors (Lipinski definition) is 1. The fraction of sp³-hybridized carbons (Fsp3) is 0.538. The molecule has 0 heterocycles. The van der Waals surface area contributed by atoms with Gasteiger partial charge in [0.1, 0.15) is 0 Å².